The molecule has 148 valence electrons. The highest BCUT2D eigenvalue weighted by molar-refractivity contribution is 5.97. The first kappa shape index (κ1) is 18.8. The first-order valence-electron chi connectivity index (χ1n) is 9.61. The second-order valence-corrected chi connectivity index (χ2v) is 6.98. The number of methoxy groups -OCH3 is 1. The van der Waals surface area contributed by atoms with Crippen LogP contribution in [0.25, 0.3) is 16.5 Å². The highest BCUT2D eigenvalue weighted by Gasteiger charge is 2.20. The molecule has 2 aromatic carbocycles. The number of hydrogen-bond donors (Lipinski definition) is 2. The molecular weight excluding hydrogens is 366 g/mol. The van der Waals surface area contributed by atoms with Crippen LogP contribution in [-0.4, -0.2) is 48.4 Å². The van der Waals surface area contributed by atoms with E-state index in [1.807, 2.05) is 18.3 Å². The Balaban J connectivity index is 1.35. The molecule has 0 unspecified atom stereocenters. The van der Waals surface area contributed by atoms with Gasteiger partial charge in [0.2, 0.25) is 5.91 Å². The summed E-state index contributed by atoms with van der Waals surface area (Å²) in [5.74, 6) is 0.231. The zero-order valence-electron chi connectivity index (χ0n) is 16.3. The lowest BCUT2D eigenvalue weighted by Gasteiger charge is -2.26. The second kappa shape index (κ2) is 8.22. The van der Waals surface area contributed by atoms with Gasteiger partial charge in [-0.2, -0.15) is 0 Å². The number of nitrogens with one attached hydrogen (secondary N) is 2. The lowest BCUT2D eigenvalue weighted by molar-refractivity contribution is -0.129. The number of hydrogen-bond acceptors (Lipinski definition) is 3. The number of amides is 2. The van der Waals surface area contributed by atoms with Crippen LogP contribution >= 0.6 is 0 Å². The largest absolute Gasteiger partial charge is 0.497 e. The molecule has 29 heavy (non-hydrogen) atoms. The molecular formula is C23H23N3O3. The van der Waals surface area contributed by atoms with Gasteiger partial charge >= 0.3 is 0 Å². The van der Waals surface area contributed by atoms with Crippen molar-refractivity contribution in [1.29, 1.82) is 0 Å². The monoisotopic (exact) mass is 389 g/mol. The minimum Gasteiger partial charge on any atom is -0.497 e. The molecule has 2 amide bonds. The van der Waals surface area contributed by atoms with Crippen molar-refractivity contribution in [2.24, 2.45) is 0 Å². The highest BCUT2D eigenvalue weighted by Crippen LogP contribution is 2.29. The third-order valence-corrected chi connectivity index (χ3v) is 5.23. The lowest BCUT2D eigenvalue weighted by Crippen LogP contribution is -2.42. The van der Waals surface area contributed by atoms with E-state index in [1.54, 1.807) is 36.3 Å². The van der Waals surface area contributed by atoms with Gasteiger partial charge in [-0.1, -0.05) is 30.3 Å². The van der Waals surface area contributed by atoms with E-state index in [0.29, 0.717) is 24.4 Å². The Morgan fingerprint density at radius 1 is 1.17 bits per heavy atom. The molecule has 0 fully saturated rings. The van der Waals surface area contributed by atoms with Crippen LogP contribution in [0.2, 0.25) is 0 Å². The summed E-state index contributed by atoms with van der Waals surface area (Å²) in [5.41, 5.74) is 4.02. The van der Waals surface area contributed by atoms with Crippen molar-refractivity contribution in [3.63, 3.8) is 0 Å². The smallest absolute Gasteiger partial charge is 0.251 e. The van der Waals surface area contributed by atoms with Crippen molar-refractivity contribution in [1.82, 2.24) is 15.2 Å². The lowest BCUT2D eigenvalue weighted by atomic mass is 9.99. The Morgan fingerprint density at radius 2 is 2.03 bits per heavy atom. The first-order chi connectivity index (χ1) is 14.2. The predicted octanol–water partition coefficient (Wildman–Crippen LogP) is 3.22. The van der Waals surface area contributed by atoms with Crippen molar-refractivity contribution >= 4 is 28.3 Å². The molecule has 6 heteroatoms. The molecule has 0 saturated carbocycles. The number of fused-ring (bicyclic) bond motifs is 1. The van der Waals surface area contributed by atoms with Crippen LogP contribution in [0.15, 0.2) is 60.8 Å². The number of ether oxygens (including phenoxy) is 1. The Bertz CT molecular complexity index is 1080. The van der Waals surface area contributed by atoms with E-state index in [2.05, 4.69) is 28.5 Å². The van der Waals surface area contributed by atoms with Gasteiger partial charge in [0.1, 0.15) is 5.75 Å². The third-order valence-electron chi connectivity index (χ3n) is 5.23. The van der Waals surface area contributed by atoms with Gasteiger partial charge in [-0.05, 0) is 36.3 Å². The molecule has 0 saturated heterocycles. The summed E-state index contributed by atoms with van der Waals surface area (Å²) in [6.07, 6.45) is 4.92. The van der Waals surface area contributed by atoms with Gasteiger partial charge in [0.25, 0.3) is 5.91 Å². The fourth-order valence-electron chi connectivity index (χ4n) is 3.61. The minimum atomic E-state index is -0.288. The normalized spacial score (nSPS) is 13.8. The van der Waals surface area contributed by atoms with Gasteiger partial charge in [0.15, 0.2) is 0 Å². The van der Waals surface area contributed by atoms with Crippen molar-refractivity contribution in [3.05, 3.63) is 71.9 Å². The summed E-state index contributed by atoms with van der Waals surface area (Å²) in [4.78, 5) is 29.9. The molecule has 1 aromatic heterocycles. The first-order valence-corrected chi connectivity index (χ1v) is 9.61. The molecule has 2 N–H and O–H groups in total. The Kier molecular flexibility index (Phi) is 5.33. The van der Waals surface area contributed by atoms with Crippen LogP contribution in [-0.2, 0) is 4.79 Å². The quantitative estimate of drug-likeness (QED) is 0.704. The van der Waals surface area contributed by atoms with E-state index in [1.165, 1.54) is 16.5 Å². The van der Waals surface area contributed by atoms with Gasteiger partial charge in [-0.3, -0.25) is 9.59 Å². The van der Waals surface area contributed by atoms with Gasteiger partial charge < -0.3 is 19.9 Å². The third kappa shape index (κ3) is 4.01. The average Bonchev–Trinajstić information content (AvgIpc) is 3.21. The van der Waals surface area contributed by atoms with Crippen LogP contribution < -0.4 is 10.1 Å². The van der Waals surface area contributed by atoms with E-state index < -0.39 is 0 Å². The molecule has 6 nitrogen and oxygen atoms in total. The number of para-hydroxylation sites is 1. The van der Waals surface area contributed by atoms with Crippen molar-refractivity contribution in [3.8, 4) is 5.75 Å². The molecule has 0 bridgehead atoms. The van der Waals surface area contributed by atoms with Crippen LogP contribution in [0, 0.1) is 0 Å². The summed E-state index contributed by atoms with van der Waals surface area (Å²) in [5, 5.41) is 3.90. The molecule has 1 aliphatic heterocycles. The molecule has 0 radical (unpaired) electrons. The summed E-state index contributed by atoms with van der Waals surface area (Å²) >= 11 is 0. The van der Waals surface area contributed by atoms with Gasteiger partial charge in [0, 0.05) is 41.3 Å². The zero-order valence-corrected chi connectivity index (χ0v) is 16.3. The van der Waals surface area contributed by atoms with Crippen LogP contribution in [0.3, 0.4) is 0 Å². The standard InChI is InChI=1S/C23H23N3O3/c1-29-18-6-4-5-17(13-18)23(28)25-15-22(27)26-11-9-16(10-12-26)20-14-24-21-8-3-2-7-19(20)21/h2-9,13-14,24H,10-12,15H2,1H3,(H,25,28). The van der Waals surface area contributed by atoms with E-state index in [9.17, 15) is 9.59 Å². The summed E-state index contributed by atoms with van der Waals surface area (Å²) in [7, 11) is 1.55. The zero-order chi connectivity index (χ0) is 20.2. The van der Waals surface area contributed by atoms with Crippen molar-refractivity contribution in [2.45, 2.75) is 6.42 Å². The fourth-order valence-corrected chi connectivity index (χ4v) is 3.61. The number of H-pyrrole nitrogens is 1. The molecule has 3 aromatic rings. The molecule has 0 atom stereocenters. The van der Waals surface area contributed by atoms with E-state index in [-0.39, 0.29) is 18.4 Å². The number of nitrogens with zero attached hydrogens (tertiary/aromatic N) is 1. The van der Waals surface area contributed by atoms with Crippen LogP contribution in [0.5, 0.6) is 5.75 Å². The maximum Gasteiger partial charge on any atom is 0.251 e. The van der Waals surface area contributed by atoms with Gasteiger partial charge in [-0.15, -0.1) is 0 Å². The second-order valence-electron chi connectivity index (χ2n) is 6.98. The number of benzene rings is 2. The van der Waals surface area contributed by atoms with Crippen LogP contribution in [0.1, 0.15) is 22.3 Å². The van der Waals surface area contributed by atoms with Crippen LogP contribution in [0.4, 0.5) is 0 Å². The number of carbonyl (C=O) groups is 2. The topological polar surface area (TPSA) is 74.4 Å². The van der Waals surface area contributed by atoms with E-state index >= 15 is 0 Å². The maximum absolute atomic E-state index is 12.5. The van der Waals surface area contributed by atoms with E-state index in [4.69, 9.17) is 4.74 Å². The average molecular weight is 389 g/mol. The summed E-state index contributed by atoms with van der Waals surface area (Å²) < 4.78 is 5.13. The highest BCUT2D eigenvalue weighted by atomic mass is 16.5. The number of aromatic nitrogens is 1. The fraction of sp³-hybridized carbons (Fsp3) is 0.217. The number of rotatable bonds is 5. The minimum absolute atomic E-state index is 0.0215. The Morgan fingerprint density at radius 3 is 2.83 bits per heavy atom. The SMILES string of the molecule is COc1cccc(C(=O)NCC(=O)N2CC=C(c3c[nH]c4ccccc34)CC2)c1. The van der Waals surface area contributed by atoms with E-state index in [0.717, 1.165) is 11.9 Å². The predicted molar refractivity (Wildman–Crippen MR) is 113 cm³/mol. The van der Waals surface area contributed by atoms with Gasteiger partial charge in [-0.25, -0.2) is 0 Å². The van der Waals surface area contributed by atoms with Gasteiger partial charge in [0.05, 0.1) is 13.7 Å². The molecule has 0 aliphatic carbocycles. The van der Waals surface area contributed by atoms with Crippen molar-refractivity contribution < 1.29 is 14.3 Å². The number of aromatic amines is 1. The number of carbonyl (C=O) groups excluding carboxylic acids is 2. The molecule has 4 rings (SSSR count). The molecule has 0 spiro atoms. The summed E-state index contributed by atoms with van der Waals surface area (Å²) in [6.45, 7) is 1.16. The van der Waals surface area contributed by atoms with Crippen molar-refractivity contribution in [2.75, 3.05) is 26.7 Å². The Hall–Kier alpha value is -3.54. The Labute approximate surface area is 169 Å². The summed E-state index contributed by atoms with van der Waals surface area (Å²) in [6, 6.07) is 15.1. The maximum atomic E-state index is 12.5. The molecule has 2 heterocycles. The molecule has 1 aliphatic rings.